The molecule has 1 fully saturated rings. The van der Waals surface area contributed by atoms with Gasteiger partial charge in [0, 0.05) is 36.4 Å². The Kier molecular flexibility index (Phi) is 5.88. The lowest BCUT2D eigenvalue weighted by atomic mass is 10.2. The van der Waals surface area contributed by atoms with E-state index in [9.17, 15) is 18.0 Å². The second-order valence-electron chi connectivity index (χ2n) is 6.53. The zero-order valence-corrected chi connectivity index (χ0v) is 17.5. The molecule has 30 heavy (non-hydrogen) atoms. The molecule has 0 bridgehead atoms. The number of benzene rings is 1. The van der Waals surface area contributed by atoms with E-state index in [1.165, 1.54) is 22.6 Å². The SMILES string of the molecule is O=C(NNC(=O)c1cc(S(=O)(=O)N2CCSCC2)c[nH]1)c1ccc2c(c1)OCCO2. The number of carbonyl (C=O) groups is 2. The first-order chi connectivity index (χ1) is 14.4. The third kappa shape index (κ3) is 4.25. The van der Waals surface area contributed by atoms with Crippen LogP contribution in [0.1, 0.15) is 20.8 Å². The molecule has 2 amide bonds. The molecule has 10 nitrogen and oxygen atoms in total. The van der Waals surface area contributed by atoms with Gasteiger partial charge in [0.15, 0.2) is 11.5 Å². The Hall–Kier alpha value is -2.70. The topological polar surface area (TPSA) is 130 Å². The van der Waals surface area contributed by atoms with Crippen molar-refractivity contribution in [3.8, 4) is 11.5 Å². The molecule has 1 aromatic heterocycles. The number of thioether (sulfide) groups is 1. The smallest absolute Gasteiger partial charge is 0.286 e. The van der Waals surface area contributed by atoms with Crippen molar-refractivity contribution >= 4 is 33.6 Å². The molecule has 160 valence electrons. The van der Waals surface area contributed by atoms with Crippen LogP contribution in [0, 0.1) is 0 Å². The minimum Gasteiger partial charge on any atom is -0.486 e. The van der Waals surface area contributed by atoms with Crippen molar-refractivity contribution in [2.45, 2.75) is 4.90 Å². The highest BCUT2D eigenvalue weighted by atomic mass is 32.2. The summed E-state index contributed by atoms with van der Waals surface area (Å²) in [4.78, 5) is 27.3. The Morgan fingerprint density at radius 1 is 1.00 bits per heavy atom. The van der Waals surface area contributed by atoms with Crippen LogP contribution in [-0.4, -0.2) is 67.3 Å². The average molecular weight is 453 g/mol. The van der Waals surface area contributed by atoms with Crippen molar-refractivity contribution in [1.82, 2.24) is 20.1 Å². The van der Waals surface area contributed by atoms with Crippen LogP contribution in [0.2, 0.25) is 0 Å². The summed E-state index contributed by atoms with van der Waals surface area (Å²) >= 11 is 1.70. The highest BCUT2D eigenvalue weighted by Gasteiger charge is 2.28. The summed E-state index contributed by atoms with van der Waals surface area (Å²) in [6.45, 7) is 1.71. The summed E-state index contributed by atoms with van der Waals surface area (Å²) in [6, 6.07) is 5.94. The molecule has 0 unspecified atom stereocenters. The first-order valence-electron chi connectivity index (χ1n) is 9.22. The minimum absolute atomic E-state index is 0.0118. The van der Waals surface area contributed by atoms with Crippen LogP contribution in [0.5, 0.6) is 11.5 Å². The fraction of sp³-hybridized carbons (Fsp3) is 0.333. The molecule has 0 aliphatic carbocycles. The van der Waals surface area contributed by atoms with E-state index in [1.807, 2.05) is 0 Å². The number of aromatic amines is 1. The largest absolute Gasteiger partial charge is 0.486 e. The van der Waals surface area contributed by atoms with Gasteiger partial charge in [-0.2, -0.15) is 16.1 Å². The predicted molar refractivity (Wildman–Crippen MR) is 109 cm³/mol. The molecule has 0 radical (unpaired) electrons. The number of carbonyl (C=O) groups excluding carboxylic acids is 2. The fourth-order valence-electron chi connectivity index (χ4n) is 3.03. The van der Waals surface area contributed by atoms with E-state index in [0.29, 0.717) is 37.8 Å². The van der Waals surface area contributed by atoms with Crippen LogP contribution in [0.15, 0.2) is 35.4 Å². The first kappa shape index (κ1) is 20.6. The number of hydrogen-bond acceptors (Lipinski definition) is 7. The lowest BCUT2D eigenvalue weighted by Crippen LogP contribution is -2.41. The Morgan fingerprint density at radius 2 is 1.70 bits per heavy atom. The summed E-state index contributed by atoms with van der Waals surface area (Å²) in [7, 11) is -3.66. The van der Waals surface area contributed by atoms with E-state index in [1.54, 1.807) is 23.9 Å². The predicted octanol–water partition coefficient (Wildman–Crippen LogP) is 0.598. The molecule has 0 saturated carbocycles. The quantitative estimate of drug-likeness (QED) is 0.579. The van der Waals surface area contributed by atoms with Crippen molar-refractivity contribution in [2.24, 2.45) is 0 Å². The molecule has 3 heterocycles. The number of ether oxygens (including phenoxy) is 2. The van der Waals surface area contributed by atoms with Crippen LogP contribution in [0.4, 0.5) is 0 Å². The maximum Gasteiger partial charge on any atom is 0.286 e. The highest BCUT2D eigenvalue weighted by molar-refractivity contribution is 7.99. The minimum atomic E-state index is -3.66. The fourth-order valence-corrected chi connectivity index (χ4v) is 5.60. The Bertz CT molecular complexity index is 1060. The van der Waals surface area contributed by atoms with Crippen LogP contribution in [0.3, 0.4) is 0 Å². The van der Waals surface area contributed by atoms with Crippen LogP contribution < -0.4 is 20.3 Å². The lowest BCUT2D eigenvalue weighted by molar-refractivity contribution is 0.0843. The van der Waals surface area contributed by atoms with Gasteiger partial charge in [0.25, 0.3) is 11.8 Å². The normalized spacial score (nSPS) is 16.7. The van der Waals surface area contributed by atoms with Crippen molar-refractivity contribution in [3.63, 3.8) is 0 Å². The number of fused-ring (bicyclic) bond motifs is 1. The third-order valence-corrected chi connectivity index (χ3v) is 7.42. The number of hydrazine groups is 1. The lowest BCUT2D eigenvalue weighted by Gasteiger charge is -2.24. The van der Waals surface area contributed by atoms with Gasteiger partial charge >= 0.3 is 0 Å². The maximum atomic E-state index is 12.7. The first-order valence-corrected chi connectivity index (χ1v) is 11.8. The number of aromatic nitrogens is 1. The van der Waals surface area contributed by atoms with E-state index >= 15 is 0 Å². The molecule has 4 rings (SSSR count). The molecule has 2 aliphatic heterocycles. The van der Waals surface area contributed by atoms with Gasteiger partial charge in [0.05, 0.1) is 0 Å². The number of amides is 2. The second kappa shape index (κ2) is 8.58. The van der Waals surface area contributed by atoms with Crippen molar-refractivity contribution in [3.05, 3.63) is 41.7 Å². The molecule has 2 aromatic rings. The van der Waals surface area contributed by atoms with Crippen LogP contribution in [0.25, 0.3) is 0 Å². The molecule has 1 aromatic carbocycles. The molecule has 1 saturated heterocycles. The van der Waals surface area contributed by atoms with Crippen LogP contribution in [-0.2, 0) is 10.0 Å². The Balaban J connectivity index is 1.38. The highest BCUT2D eigenvalue weighted by Crippen LogP contribution is 2.30. The summed E-state index contributed by atoms with van der Waals surface area (Å²) < 4.78 is 37.6. The van der Waals surface area contributed by atoms with Gasteiger partial charge in [-0.15, -0.1) is 0 Å². The van der Waals surface area contributed by atoms with Gasteiger partial charge in [-0.3, -0.25) is 20.4 Å². The number of rotatable bonds is 4. The zero-order chi connectivity index (χ0) is 21.1. The number of nitrogens with one attached hydrogen (secondary N) is 3. The molecule has 3 N–H and O–H groups in total. The van der Waals surface area contributed by atoms with Crippen LogP contribution >= 0.6 is 11.8 Å². The van der Waals surface area contributed by atoms with Crippen molar-refractivity contribution < 1.29 is 27.5 Å². The standard InChI is InChI=1S/C18H20N4O6S2/c23-17(12-1-2-15-16(9-12)28-6-5-27-15)20-21-18(24)14-10-13(11-19-14)30(25,26)22-3-7-29-8-4-22/h1-2,9-11,19H,3-8H2,(H,20,23)(H,21,24). The van der Waals surface area contributed by atoms with E-state index in [2.05, 4.69) is 15.8 Å². The van der Waals surface area contributed by atoms with Crippen molar-refractivity contribution in [1.29, 1.82) is 0 Å². The van der Waals surface area contributed by atoms with Gasteiger partial charge in [0.2, 0.25) is 10.0 Å². The third-order valence-electron chi connectivity index (χ3n) is 4.60. The molecular weight excluding hydrogens is 432 g/mol. The Labute approximate surface area is 177 Å². The summed E-state index contributed by atoms with van der Waals surface area (Å²) in [5, 5.41) is 0. The molecule has 12 heteroatoms. The summed E-state index contributed by atoms with van der Waals surface area (Å²) in [6.07, 6.45) is 1.27. The number of hydrogen-bond donors (Lipinski definition) is 3. The number of nitrogens with zero attached hydrogens (tertiary/aromatic N) is 1. The van der Waals surface area contributed by atoms with Gasteiger partial charge in [-0.05, 0) is 24.3 Å². The van der Waals surface area contributed by atoms with Crippen molar-refractivity contribution in [2.75, 3.05) is 37.8 Å². The van der Waals surface area contributed by atoms with Gasteiger partial charge in [0.1, 0.15) is 23.8 Å². The van der Waals surface area contributed by atoms with E-state index < -0.39 is 21.8 Å². The zero-order valence-electron chi connectivity index (χ0n) is 15.8. The van der Waals surface area contributed by atoms with E-state index in [4.69, 9.17) is 9.47 Å². The number of sulfonamides is 1. The molecular formula is C18H20N4O6S2. The van der Waals surface area contributed by atoms with Gasteiger partial charge in [-0.1, -0.05) is 0 Å². The molecule has 0 atom stereocenters. The van der Waals surface area contributed by atoms with E-state index in [0.717, 1.165) is 11.5 Å². The maximum absolute atomic E-state index is 12.7. The second-order valence-corrected chi connectivity index (χ2v) is 9.69. The number of H-pyrrole nitrogens is 1. The molecule has 0 spiro atoms. The molecule has 2 aliphatic rings. The Morgan fingerprint density at radius 3 is 2.47 bits per heavy atom. The van der Waals surface area contributed by atoms with Gasteiger partial charge < -0.3 is 14.5 Å². The monoisotopic (exact) mass is 452 g/mol. The summed E-state index contributed by atoms with van der Waals surface area (Å²) in [5.74, 6) is 1.26. The van der Waals surface area contributed by atoms with Gasteiger partial charge in [-0.25, -0.2) is 8.42 Å². The average Bonchev–Trinajstić information content (AvgIpc) is 3.29. The van der Waals surface area contributed by atoms with E-state index in [-0.39, 0.29) is 16.2 Å². The summed E-state index contributed by atoms with van der Waals surface area (Å²) in [5.41, 5.74) is 4.86.